The highest BCUT2D eigenvalue weighted by Crippen LogP contribution is 2.28. The molecular weight excluding hydrogens is 418 g/mol. The summed E-state index contributed by atoms with van der Waals surface area (Å²) in [5.41, 5.74) is 0.582. The fourth-order valence-electron chi connectivity index (χ4n) is 2.45. The highest BCUT2D eigenvalue weighted by atomic mass is 32.2. The van der Waals surface area contributed by atoms with Gasteiger partial charge in [0.1, 0.15) is 4.21 Å². The van der Waals surface area contributed by atoms with Crippen molar-refractivity contribution in [2.45, 2.75) is 18.1 Å². The van der Waals surface area contributed by atoms with Crippen LogP contribution in [0.2, 0.25) is 0 Å². The third-order valence-electron chi connectivity index (χ3n) is 3.83. The van der Waals surface area contributed by atoms with Crippen LogP contribution in [-0.4, -0.2) is 24.3 Å². The van der Waals surface area contributed by atoms with Crippen molar-refractivity contribution in [1.29, 1.82) is 0 Å². The summed E-state index contributed by atoms with van der Waals surface area (Å²) in [6.45, 7) is 2.85. The number of carbonyl (C=O) groups is 1. The summed E-state index contributed by atoms with van der Waals surface area (Å²) >= 11 is 0.974. The molecule has 0 bridgehead atoms. The van der Waals surface area contributed by atoms with Gasteiger partial charge in [-0.2, -0.15) is 0 Å². The third-order valence-corrected chi connectivity index (χ3v) is 6.75. The summed E-state index contributed by atoms with van der Waals surface area (Å²) in [5.74, 6) is -0.198. The van der Waals surface area contributed by atoms with Crippen LogP contribution >= 0.6 is 11.3 Å². The average Bonchev–Trinajstić information content (AvgIpc) is 3.26. The molecule has 0 unspecified atom stereocenters. The van der Waals surface area contributed by atoms with E-state index in [2.05, 4.69) is 9.88 Å². The van der Waals surface area contributed by atoms with E-state index in [0.29, 0.717) is 10.4 Å². The first-order valence-electron chi connectivity index (χ1n) is 8.20. The number of hydrogen-bond acceptors (Lipinski definition) is 8. The Hall–Kier alpha value is -3.31. The van der Waals surface area contributed by atoms with Crippen LogP contribution in [0.5, 0.6) is 0 Å². The number of nitro groups is 1. The van der Waals surface area contributed by atoms with Gasteiger partial charge in [-0.25, -0.2) is 8.42 Å². The number of nitrogens with zero attached hydrogens (tertiary/aromatic N) is 2. The van der Waals surface area contributed by atoms with Crippen molar-refractivity contribution in [3.05, 3.63) is 68.4 Å². The van der Waals surface area contributed by atoms with Gasteiger partial charge in [0.25, 0.3) is 10.0 Å². The Labute approximate surface area is 169 Å². The predicted molar refractivity (Wildman–Crippen MR) is 108 cm³/mol. The molecule has 0 fully saturated rings. The number of aromatic nitrogens is 1. The maximum atomic E-state index is 12.6. The molecule has 11 heteroatoms. The van der Waals surface area contributed by atoms with E-state index in [-0.39, 0.29) is 32.8 Å². The Bertz CT molecular complexity index is 1220. The molecule has 0 saturated heterocycles. The standard InChI is InChI=1S/C18H15N3O6S2/c1-11-18(21(23)24)16(27-19-11)8-6-15-7-9-17(28-15)29(25,26)20-14-5-3-4-13(10-14)12(2)22/h3-10,20H,1-2H3/b8-6+. The van der Waals surface area contributed by atoms with E-state index in [1.165, 1.54) is 38.1 Å². The van der Waals surface area contributed by atoms with E-state index < -0.39 is 14.9 Å². The number of thiophene rings is 1. The van der Waals surface area contributed by atoms with Crippen molar-refractivity contribution >= 4 is 50.7 Å². The lowest BCUT2D eigenvalue weighted by Gasteiger charge is -2.07. The largest absolute Gasteiger partial charge is 0.349 e. The zero-order valence-corrected chi connectivity index (χ0v) is 16.9. The molecule has 0 radical (unpaired) electrons. The number of aryl methyl sites for hydroxylation is 1. The van der Waals surface area contributed by atoms with Gasteiger partial charge in [-0.1, -0.05) is 17.3 Å². The molecule has 0 aliphatic rings. The minimum atomic E-state index is -3.86. The number of ketones is 1. The Morgan fingerprint density at radius 2 is 2.03 bits per heavy atom. The van der Waals surface area contributed by atoms with Crippen LogP contribution in [0.15, 0.2) is 45.1 Å². The first-order valence-corrected chi connectivity index (χ1v) is 10.5. The quantitative estimate of drug-likeness (QED) is 0.336. The Morgan fingerprint density at radius 1 is 1.28 bits per heavy atom. The molecule has 0 amide bonds. The first-order chi connectivity index (χ1) is 13.7. The van der Waals surface area contributed by atoms with Gasteiger partial charge >= 0.3 is 5.69 Å². The number of Topliss-reactive ketones (excluding diaryl/α,β-unsaturated/α-hetero) is 1. The second-order valence-corrected chi connectivity index (χ2v) is 9.00. The van der Waals surface area contributed by atoms with Crippen LogP contribution in [-0.2, 0) is 10.0 Å². The fourth-order valence-corrected chi connectivity index (χ4v) is 4.73. The van der Waals surface area contributed by atoms with E-state index in [0.717, 1.165) is 11.3 Å². The molecular formula is C18H15N3O6S2. The Morgan fingerprint density at radius 3 is 2.72 bits per heavy atom. The number of nitrogens with one attached hydrogen (secondary N) is 1. The molecule has 9 nitrogen and oxygen atoms in total. The lowest BCUT2D eigenvalue weighted by atomic mass is 10.1. The van der Waals surface area contributed by atoms with Crippen LogP contribution in [0.3, 0.4) is 0 Å². The zero-order chi connectivity index (χ0) is 21.2. The summed E-state index contributed by atoms with van der Waals surface area (Å²) in [6.07, 6.45) is 2.87. The van der Waals surface area contributed by atoms with Crippen LogP contribution < -0.4 is 4.72 Å². The van der Waals surface area contributed by atoms with Gasteiger partial charge in [0.2, 0.25) is 5.76 Å². The molecule has 0 aliphatic heterocycles. The van der Waals surface area contributed by atoms with Crippen molar-refractivity contribution in [3.8, 4) is 0 Å². The number of benzene rings is 1. The SMILES string of the molecule is CC(=O)c1cccc(NS(=O)(=O)c2ccc(/C=C/c3onc(C)c3[N+](=O)[O-])s2)c1. The summed E-state index contributed by atoms with van der Waals surface area (Å²) in [7, 11) is -3.86. The molecule has 0 spiro atoms. The molecule has 1 aromatic carbocycles. The third kappa shape index (κ3) is 4.58. The van der Waals surface area contributed by atoms with E-state index >= 15 is 0 Å². The monoisotopic (exact) mass is 433 g/mol. The lowest BCUT2D eigenvalue weighted by Crippen LogP contribution is -2.11. The normalized spacial score (nSPS) is 11.7. The molecule has 0 aliphatic carbocycles. The fraction of sp³-hybridized carbons (Fsp3) is 0.111. The van der Waals surface area contributed by atoms with Crippen molar-refractivity contribution < 1.29 is 22.7 Å². The highest BCUT2D eigenvalue weighted by molar-refractivity contribution is 7.94. The topological polar surface area (TPSA) is 132 Å². The van der Waals surface area contributed by atoms with Crippen molar-refractivity contribution in [2.75, 3.05) is 4.72 Å². The van der Waals surface area contributed by atoms with E-state index in [1.807, 2.05) is 0 Å². The van der Waals surface area contributed by atoms with Gasteiger partial charge in [-0.3, -0.25) is 19.6 Å². The van der Waals surface area contributed by atoms with Crippen molar-refractivity contribution in [2.24, 2.45) is 0 Å². The van der Waals surface area contributed by atoms with Gasteiger partial charge in [-0.15, -0.1) is 11.3 Å². The maximum absolute atomic E-state index is 12.6. The predicted octanol–water partition coefficient (Wildman–Crippen LogP) is 4.13. The first kappa shape index (κ1) is 20.4. The molecule has 2 aromatic heterocycles. The molecule has 0 saturated carbocycles. The molecule has 1 N–H and O–H groups in total. The zero-order valence-electron chi connectivity index (χ0n) is 15.3. The van der Waals surface area contributed by atoms with Crippen LogP contribution in [0.4, 0.5) is 11.4 Å². The number of anilines is 1. The van der Waals surface area contributed by atoms with Gasteiger partial charge < -0.3 is 4.52 Å². The minimum Gasteiger partial charge on any atom is -0.349 e. The molecule has 3 aromatic rings. The Kier molecular flexibility index (Phi) is 5.62. The summed E-state index contributed by atoms with van der Waals surface area (Å²) < 4.78 is 32.6. The molecule has 0 atom stereocenters. The number of carbonyl (C=O) groups excluding carboxylic acids is 1. The van der Waals surface area contributed by atoms with Crippen LogP contribution in [0.1, 0.15) is 33.6 Å². The highest BCUT2D eigenvalue weighted by Gasteiger charge is 2.22. The lowest BCUT2D eigenvalue weighted by molar-refractivity contribution is -0.386. The van der Waals surface area contributed by atoms with Gasteiger partial charge in [0.15, 0.2) is 11.5 Å². The summed E-state index contributed by atoms with van der Waals surface area (Å²) in [6, 6.07) is 9.17. The average molecular weight is 433 g/mol. The second kappa shape index (κ2) is 7.97. The number of rotatable bonds is 7. The van der Waals surface area contributed by atoms with Gasteiger partial charge in [-0.05, 0) is 50.3 Å². The van der Waals surface area contributed by atoms with Crippen LogP contribution in [0.25, 0.3) is 12.2 Å². The van der Waals surface area contributed by atoms with Crippen LogP contribution in [0, 0.1) is 17.0 Å². The van der Waals surface area contributed by atoms with Gasteiger partial charge in [0.05, 0.1) is 4.92 Å². The van der Waals surface area contributed by atoms with E-state index in [4.69, 9.17) is 4.52 Å². The summed E-state index contributed by atoms with van der Waals surface area (Å²) in [4.78, 5) is 22.5. The minimum absolute atomic E-state index is 0.0236. The second-order valence-electron chi connectivity index (χ2n) is 5.97. The molecule has 2 heterocycles. The molecule has 150 valence electrons. The van der Waals surface area contributed by atoms with Gasteiger partial charge in [0, 0.05) is 16.1 Å². The Balaban J connectivity index is 1.81. The maximum Gasteiger partial charge on any atom is 0.338 e. The smallest absolute Gasteiger partial charge is 0.338 e. The van der Waals surface area contributed by atoms with Crippen molar-refractivity contribution in [3.63, 3.8) is 0 Å². The van der Waals surface area contributed by atoms with E-state index in [1.54, 1.807) is 24.3 Å². The van der Waals surface area contributed by atoms with E-state index in [9.17, 15) is 23.3 Å². The van der Waals surface area contributed by atoms with Crippen molar-refractivity contribution in [1.82, 2.24) is 5.16 Å². The molecule has 3 rings (SSSR count). The molecule has 29 heavy (non-hydrogen) atoms. The number of hydrogen-bond donors (Lipinski definition) is 1. The summed E-state index contributed by atoms with van der Waals surface area (Å²) in [5, 5.41) is 14.6. The number of sulfonamides is 1.